The van der Waals surface area contributed by atoms with E-state index < -0.39 is 6.29 Å². The standard InChI is InChI=1S/C35H38N4O6S/c36-29-6-1-2-7-30(29)38-33(42)9-5-8-32(41)37-21-24-11-17-27(18-12-24)35-44-28(23-46-34-10-3-4-19-39(34)43)20-31(45-35)26-15-13-25(22-40)14-16-26/h1-4,6-7,10-19,28,31,35,40H,5,8-9,20-23,36H2,(H,37,41)(H,38,42)/t28-,31+,35+/m1/s1. The van der Waals surface area contributed by atoms with E-state index in [1.807, 2.05) is 54.6 Å². The number of hydrogen-bond acceptors (Lipinski definition) is 8. The third kappa shape index (κ3) is 9.30. The smallest absolute Gasteiger partial charge is 0.251 e. The highest BCUT2D eigenvalue weighted by Crippen LogP contribution is 2.39. The maximum Gasteiger partial charge on any atom is 0.251 e. The third-order valence-electron chi connectivity index (χ3n) is 7.60. The van der Waals surface area contributed by atoms with Crippen LogP contribution < -0.4 is 21.1 Å². The van der Waals surface area contributed by atoms with Gasteiger partial charge in [0.1, 0.15) is 0 Å². The number of benzene rings is 3. The van der Waals surface area contributed by atoms with Gasteiger partial charge in [-0.05, 0) is 41.3 Å². The van der Waals surface area contributed by atoms with Gasteiger partial charge in [-0.25, -0.2) is 0 Å². The average Bonchev–Trinajstić information content (AvgIpc) is 3.08. The molecular weight excluding hydrogens is 604 g/mol. The van der Waals surface area contributed by atoms with E-state index in [0.29, 0.717) is 41.5 Å². The number of nitrogens with one attached hydrogen (secondary N) is 2. The second-order valence-corrected chi connectivity index (χ2v) is 12.1. The van der Waals surface area contributed by atoms with Gasteiger partial charge in [-0.2, -0.15) is 4.73 Å². The zero-order valence-electron chi connectivity index (χ0n) is 25.3. The molecule has 5 rings (SSSR count). The summed E-state index contributed by atoms with van der Waals surface area (Å²) in [7, 11) is 0. The average molecular weight is 643 g/mol. The molecule has 0 saturated carbocycles. The topological polar surface area (TPSA) is 150 Å². The van der Waals surface area contributed by atoms with E-state index in [0.717, 1.165) is 27.0 Å². The number of para-hydroxylation sites is 2. The molecule has 10 nitrogen and oxygen atoms in total. The summed E-state index contributed by atoms with van der Waals surface area (Å²) >= 11 is 1.44. The Morgan fingerprint density at radius 2 is 1.59 bits per heavy atom. The van der Waals surface area contributed by atoms with E-state index in [2.05, 4.69) is 10.6 Å². The van der Waals surface area contributed by atoms with Crippen molar-refractivity contribution in [2.24, 2.45) is 0 Å². The number of thioether (sulfide) groups is 1. The molecule has 4 aromatic rings. The van der Waals surface area contributed by atoms with Gasteiger partial charge >= 0.3 is 0 Å². The van der Waals surface area contributed by atoms with Crippen molar-refractivity contribution in [3.8, 4) is 0 Å². The zero-order chi connectivity index (χ0) is 32.3. The Kier molecular flexibility index (Phi) is 11.6. The lowest BCUT2D eigenvalue weighted by atomic mass is 10.0. The van der Waals surface area contributed by atoms with E-state index in [4.69, 9.17) is 15.2 Å². The summed E-state index contributed by atoms with van der Waals surface area (Å²) in [5, 5.41) is 27.9. The number of nitrogens with zero attached hydrogens (tertiary/aromatic N) is 1. The first kappa shape index (κ1) is 33.0. The number of ether oxygens (including phenoxy) is 2. The van der Waals surface area contributed by atoms with Crippen LogP contribution in [0, 0.1) is 5.21 Å². The molecule has 1 fully saturated rings. The minimum absolute atomic E-state index is 0.0300. The number of anilines is 2. The number of nitrogen functional groups attached to an aromatic ring is 1. The van der Waals surface area contributed by atoms with E-state index in [1.165, 1.54) is 18.0 Å². The molecule has 5 N–H and O–H groups in total. The summed E-state index contributed by atoms with van der Waals surface area (Å²) in [5.41, 5.74) is 10.5. The van der Waals surface area contributed by atoms with Gasteiger partial charge in [0.05, 0.1) is 30.2 Å². The van der Waals surface area contributed by atoms with Crippen LogP contribution in [0.4, 0.5) is 11.4 Å². The molecule has 2 amide bonds. The Balaban J connectivity index is 1.14. The Morgan fingerprint density at radius 1 is 0.891 bits per heavy atom. The highest BCUT2D eigenvalue weighted by atomic mass is 32.2. The normalized spacial score (nSPS) is 17.7. The van der Waals surface area contributed by atoms with Crippen LogP contribution in [-0.4, -0.2) is 28.8 Å². The fraction of sp³-hybridized carbons (Fsp3) is 0.286. The van der Waals surface area contributed by atoms with Crippen molar-refractivity contribution >= 4 is 35.0 Å². The first-order valence-electron chi connectivity index (χ1n) is 15.2. The first-order valence-corrected chi connectivity index (χ1v) is 16.2. The van der Waals surface area contributed by atoms with Crippen molar-refractivity contribution in [2.45, 2.75) is 62.4 Å². The van der Waals surface area contributed by atoms with Gasteiger partial charge in [0.25, 0.3) is 5.03 Å². The molecule has 11 heteroatoms. The van der Waals surface area contributed by atoms with Crippen LogP contribution in [0.1, 0.15) is 60.3 Å². The number of aromatic nitrogens is 1. The molecular formula is C35H38N4O6S. The summed E-state index contributed by atoms with van der Waals surface area (Å²) in [6.07, 6.45) is 1.91. The fourth-order valence-electron chi connectivity index (χ4n) is 5.04. The predicted molar refractivity (Wildman–Crippen MR) is 176 cm³/mol. The molecule has 1 saturated heterocycles. The van der Waals surface area contributed by atoms with E-state index in [9.17, 15) is 19.9 Å². The number of amides is 2. The lowest BCUT2D eigenvalue weighted by Gasteiger charge is -2.36. The lowest BCUT2D eigenvalue weighted by Crippen LogP contribution is -2.32. The Hall–Kier alpha value is -4.42. The lowest BCUT2D eigenvalue weighted by molar-refractivity contribution is -0.645. The number of aliphatic hydroxyl groups is 1. The first-order chi connectivity index (χ1) is 22.4. The summed E-state index contributed by atoms with van der Waals surface area (Å²) < 4.78 is 13.6. The zero-order valence-corrected chi connectivity index (χ0v) is 26.2. The number of aliphatic hydroxyl groups excluding tert-OH is 1. The molecule has 0 spiro atoms. The quantitative estimate of drug-likeness (QED) is 0.0677. The van der Waals surface area contributed by atoms with Crippen LogP contribution in [0.3, 0.4) is 0 Å². The third-order valence-corrected chi connectivity index (χ3v) is 8.76. The molecule has 2 heterocycles. The number of pyridine rings is 1. The Labute approximate surface area is 272 Å². The van der Waals surface area contributed by atoms with E-state index >= 15 is 0 Å². The molecule has 0 radical (unpaired) electrons. The predicted octanol–water partition coefficient (Wildman–Crippen LogP) is 5.16. The second kappa shape index (κ2) is 16.2. The molecule has 3 atom stereocenters. The van der Waals surface area contributed by atoms with Crippen LogP contribution in [0.5, 0.6) is 0 Å². The van der Waals surface area contributed by atoms with Gasteiger partial charge in [-0.1, -0.05) is 72.4 Å². The molecule has 0 aliphatic carbocycles. The van der Waals surface area contributed by atoms with Crippen molar-refractivity contribution in [3.63, 3.8) is 0 Å². The van der Waals surface area contributed by atoms with Gasteiger partial charge in [-0.15, -0.1) is 0 Å². The maximum absolute atomic E-state index is 12.4. The summed E-state index contributed by atoms with van der Waals surface area (Å²) in [6.45, 7) is 0.321. The summed E-state index contributed by atoms with van der Waals surface area (Å²) in [5.74, 6) is 0.250. The molecule has 1 aliphatic heterocycles. The minimum atomic E-state index is -0.627. The number of nitrogens with two attached hydrogens (primary N) is 1. The van der Waals surface area contributed by atoms with E-state index in [-0.39, 0.29) is 43.5 Å². The van der Waals surface area contributed by atoms with Crippen LogP contribution >= 0.6 is 11.8 Å². The van der Waals surface area contributed by atoms with Gasteiger partial charge in [-0.3, -0.25) is 9.59 Å². The van der Waals surface area contributed by atoms with Crippen molar-refractivity contribution in [2.75, 3.05) is 16.8 Å². The fourth-order valence-corrected chi connectivity index (χ4v) is 5.97. The largest absolute Gasteiger partial charge is 0.618 e. The summed E-state index contributed by atoms with van der Waals surface area (Å²) in [6, 6.07) is 27.8. The van der Waals surface area contributed by atoms with Crippen molar-refractivity contribution < 1.29 is 28.9 Å². The molecule has 0 unspecified atom stereocenters. The van der Waals surface area contributed by atoms with Crippen molar-refractivity contribution in [1.82, 2.24) is 5.32 Å². The van der Waals surface area contributed by atoms with Crippen LogP contribution in [-0.2, 0) is 32.2 Å². The van der Waals surface area contributed by atoms with Crippen molar-refractivity contribution in [3.05, 3.63) is 125 Å². The second-order valence-electron chi connectivity index (χ2n) is 11.0. The van der Waals surface area contributed by atoms with Crippen molar-refractivity contribution in [1.29, 1.82) is 0 Å². The maximum atomic E-state index is 12.4. The van der Waals surface area contributed by atoms with Crippen LogP contribution in [0.2, 0.25) is 0 Å². The van der Waals surface area contributed by atoms with E-state index in [1.54, 1.807) is 36.4 Å². The monoisotopic (exact) mass is 642 g/mol. The van der Waals surface area contributed by atoms with Gasteiger partial charge in [0, 0.05) is 49.3 Å². The molecule has 1 aliphatic rings. The minimum Gasteiger partial charge on any atom is -0.618 e. The highest BCUT2D eigenvalue weighted by Gasteiger charge is 2.32. The molecule has 46 heavy (non-hydrogen) atoms. The van der Waals surface area contributed by atoms with Crippen LogP contribution in [0.15, 0.2) is 102 Å². The number of carbonyl (C=O) groups is 2. The SMILES string of the molecule is Nc1ccccc1NC(=O)CCCC(=O)NCc1ccc([C@H]2O[C@@H](CSc3cccc[n+]3[O-])C[C@@H](c3ccc(CO)cc3)O2)cc1. The van der Waals surface area contributed by atoms with Gasteiger partial charge < -0.3 is 36.2 Å². The molecule has 0 bridgehead atoms. The highest BCUT2D eigenvalue weighted by molar-refractivity contribution is 7.99. The molecule has 3 aromatic carbocycles. The number of carbonyl (C=O) groups excluding carboxylic acids is 2. The molecule has 240 valence electrons. The number of rotatable bonds is 13. The van der Waals surface area contributed by atoms with Gasteiger partial charge in [0.15, 0.2) is 12.5 Å². The Morgan fingerprint density at radius 3 is 2.33 bits per heavy atom. The number of hydrogen-bond donors (Lipinski definition) is 4. The van der Waals surface area contributed by atoms with Gasteiger partial charge in [0.2, 0.25) is 11.8 Å². The summed E-state index contributed by atoms with van der Waals surface area (Å²) in [4.78, 5) is 24.6. The molecule has 1 aromatic heterocycles. The Bertz CT molecular complexity index is 1600. The van der Waals surface area contributed by atoms with Crippen LogP contribution in [0.25, 0.3) is 0 Å².